The highest BCUT2D eigenvalue weighted by Crippen LogP contribution is 2.40. The van der Waals surface area contributed by atoms with Crippen LogP contribution in [-0.4, -0.2) is 21.9 Å². The Morgan fingerprint density at radius 2 is 2.00 bits per heavy atom. The van der Waals surface area contributed by atoms with E-state index in [-0.39, 0.29) is 11.5 Å². The van der Waals surface area contributed by atoms with Gasteiger partial charge in [0.1, 0.15) is 5.75 Å². The quantitative estimate of drug-likeness (QED) is 0.792. The maximum absolute atomic E-state index is 9.75. The van der Waals surface area contributed by atoms with Crippen molar-refractivity contribution in [1.82, 2.24) is 4.57 Å². The first-order valence-corrected chi connectivity index (χ1v) is 4.76. The summed E-state index contributed by atoms with van der Waals surface area (Å²) in [6.45, 7) is 2.74. The molecule has 0 saturated heterocycles. The largest absolute Gasteiger partial charge is 0.506 e. The summed E-state index contributed by atoms with van der Waals surface area (Å²) >= 11 is 0. The summed E-state index contributed by atoms with van der Waals surface area (Å²) < 4.78 is 6.97. The smallest absolute Gasteiger partial charge is 0.173 e. The molecule has 2 rings (SSSR count). The number of benzene rings is 1. The van der Waals surface area contributed by atoms with Gasteiger partial charge in [0.25, 0.3) is 0 Å². The second-order valence-corrected chi connectivity index (χ2v) is 3.31. The number of aromatic hydroxyl groups is 2. The zero-order chi connectivity index (χ0) is 11.0. The van der Waals surface area contributed by atoms with E-state index < -0.39 is 0 Å². The molecule has 2 aromatic rings. The molecule has 4 nitrogen and oxygen atoms in total. The molecule has 0 fully saturated rings. The number of ether oxygens (including phenoxy) is 1. The van der Waals surface area contributed by atoms with Crippen LogP contribution in [-0.2, 0) is 6.54 Å². The fourth-order valence-corrected chi connectivity index (χ4v) is 1.80. The number of aromatic nitrogens is 1. The Kier molecular flexibility index (Phi) is 2.19. The number of fused-ring (bicyclic) bond motifs is 1. The Hall–Kier alpha value is -1.84. The van der Waals surface area contributed by atoms with Crippen LogP contribution < -0.4 is 4.74 Å². The first-order valence-electron chi connectivity index (χ1n) is 4.76. The SMILES string of the molecule is CCn1cc(O)c2c(OC)c(O)ccc21. The second kappa shape index (κ2) is 3.38. The summed E-state index contributed by atoms with van der Waals surface area (Å²) in [6, 6.07) is 3.32. The van der Waals surface area contributed by atoms with Crippen molar-refractivity contribution in [1.29, 1.82) is 0 Å². The summed E-state index contributed by atoms with van der Waals surface area (Å²) in [6.07, 6.45) is 1.63. The van der Waals surface area contributed by atoms with Crippen molar-refractivity contribution in [3.05, 3.63) is 18.3 Å². The van der Waals surface area contributed by atoms with E-state index in [1.54, 1.807) is 18.3 Å². The molecule has 0 aliphatic carbocycles. The van der Waals surface area contributed by atoms with Crippen LogP contribution in [0.25, 0.3) is 10.9 Å². The van der Waals surface area contributed by atoms with Gasteiger partial charge in [-0.05, 0) is 19.1 Å². The van der Waals surface area contributed by atoms with E-state index in [0.29, 0.717) is 11.1 Å². The zero-order valence-corrected chi connectivity index (χ0v) is 8.69. The molecule has 1 aromatic heterocycles. The lowest BCUT2D eigenvalue weighted by molar-refractivity contribution is 0.376. The van der Waals surface area contributed by atoms with Crippen molar-refractivity contribution >= 4 is 10.9 Å². The molecule has 1 heterocycles. The van der Waals surface area contributed by atoms with Gasteiger partial charge in [-0.2, -0.15) is 0 Å². The summed E-state index contributed by atoms with van der Waals surface area (Å²) in [5.74, 6) is 0.478. The molecule has 15 heavy (non-hydrogen) atoms. The van der Waals surface area contributed by atoms with Crippen LogP contribution in [0.4, 0.5) is 0 Å². The van der Waals surface area contributed by atoms with Crippen molar-refractivity contribution in [2.24, 2.45) is 0 Å². The number of phenolic OH excluding ortho intramolecular Hbond substituents is 1. The number of nitrogens with zero attached hydrogens (tertiary/aromatic N) is 1. The molecule has 0 spiro atoms. The molecule has 0 aliphatic rings. The molecule has 0 aliphatic heterocycles. The molecule has 0 unspecified atom stereocenters. The van der Waals surface area contributed by atoms with Crippen LogP contribution in [0.15, 0.2) is 18.3 Å². The van der Waals surface area contributed by atoms with Gasteiger partial charge in [-0.1, -0.05) is 0 Å². The average molecular weight is 207 g/mol. The van der Waals surface area contributed by atoms with E-state index in [2.05, 4.69) is 0 Å². The average Bonchev–Trinajstić information content (AvgIpc) is 2.56. The molecule has 0 radical (unpaired) electrons. The van der Waals surface area contributed by atoms with E-state index in [0.717, 1.165) is 12.1 Å². The fraction of sp³-hybridized carbons (Fsp3) is 0.273. The third-order valence-corrected chi connectivity index (χ3v) is 2.50. The fourth-order valence-electron chi connectivity index (χ4n) is 1.80. The van der Waals surface area contributed by atoms with Gasteiger partial charge in [-0.15, -0.1) is 0 Å². The molecular formula is C11H13NO3. The molecule has 4 heteroatoms. The van der Waals surface area contributed by atoms with Crippen molar-refractivity contribution in [3.63, 3.8) is 0 Å². The Morgan fingerprint density at radius 1 is 1.27 bits per heavy atom. The minimum atomic E-state index is 0.0363. The lowest BCUT2D eigenvalue weighted by Crippen LogP contribution is -1.91. The van der Waals surface area contributed by atoms with Crippen molar-refractivity contribution in [2.45, 2.75) is 13.5 Å². The van der Waals surface area contributed by atoms with Gasteiger partial charge in [0.15, 0.2) is 11.5 Å². The van der Waals surface area contributed by atoms with Gasteiger partial charge in [-0.25, -0.2) is 0 Å². The Balaban J connectivity index is 2.86. The number of phenols is 1. The van der Waals surface area contributed by atoms with Gasteiger partial charge in [-0.3, -0.25) is 0 Å². The van der Waals surface area contributed by atoms with E-state index in [9.17, 15) is 10.2 Å². The van der Waals surface area contributed by atoms with Crippen LogP contribution in [0.3, 0.4) is 0 Å². The summed E-state index contributed by atoms with van der Waals surface area (Å²) in [5.41, 5.74) is 0.852. The van der Waals surface area contributed by atoms with Crippen LogP contribution in [0.1, 0.15) is 6.92 Å². The number of hydrogen-bond donors (Lipinski definition) is 2. The minimum absolute atomic E-state index is 0.0363. The van der Waals surface area contributed by atoms with Crippen molar-refractivity contribution in [2.75, 3.05) is 7.11 Å². The second-order valence-electron chi connectivity index (χ2n) is 3.31. The lowest BCUT2D eigenvalue weighted by atomic mass is 10.2. The van der Waals surface area contributed by atoms with Crippen LogP contribution >= 0.6 is 0 Å². The third kappa shape index (κ3) is 1.29. The number of methoxy groups -OCH3 is 1. The Labute approximate surface area is 87.3 Å². The standard InChI is InChI=1S/C11H13NO3/c1-3-12-6-9(14)10-7(12)4-5-8(13)11(10)15-2/h4-6,13-14H,3H2,1-2H3. The van der Waals surface area contributed by atoms with E-state index in [1.165, 1.54) is 7.11 Å². The molecule has 80 valence electrons. The van der Waals surface area contributed by atoms with E-state index in [4.69, 9.17) is 4.74 Å². The lowest BCUT2D eigenvalue weighted by Gasteiger charge is -2.06. The predicted molar refractivity (Wildman–Crippen MR) is 57.5 cm³/mol. The number of aryl methyl sites for hydroxylation is 1. The van der Waals surface area contributed by atoms with E-state index in [1.807, 2.05) is 11.5 Å². The van der Waals surface area contributed by atoms with Crippen molar-refractivity contribution < 1.29 is 14.9 Å². The van der Waals surface area contributed by atoms with Crippen molar-refractivity contribution in [3.8, 4) is 17.2 Å². The molecule has 1 aromatic carbocycles. The first kappa shape index (κ1) is 9.71. The Morgan fingerprint density at radius 3 is 2.60 bits per heavy atom. The first-order chi connectivity index (χ1) is 7.19. The van der Waals surface area contributed by atoms with E-state index >= 15 is 0 Å². The predicted octanol–water partition coefficient (Wildman–Crippen LogP) is 2.08. The van der Waals surface area contributed by atoms with Crippen LogP contribution in [0.5, 0.6) is 17.2 Å². The third-order valence-electron chi connectivity index (χ3n) is 2.50. The van der Waals surface area contributed by atoms with Crippen LogP contribution in [0, 0.1) is 0 Å². The van der Waals surface area contributed by atoms with Gasteiger partial charge in [0, 0.05) is 12.7 Å². The van der Waals surface area contributed by atoms with Gasteiger partial charge >= 0.3 is 0 Å². The zero-order valence-electron chi connectivity index (χ0n) is 8.69. The van der Waals surface area contributed by atoms with Crippen LogP contribution in [0.2, 0.25) is 0 Å². The molecule has 0 bridgehead atoms. The van der Waals surface area contributed by atoms with Gasteiger partial charge in [0.05, 0.1) is 18.0 Å². The number of hydrogen-bond acceptors (Lipinski definition) is 3. The normalized spacial score (nSPS) is 10.8. The topological polar surface area (TPSA) is 54.6 Å². The summed E-state index contributed by atoms with van der Waals surface area (Å²) in [5, 5.41) is 19.9. The number of rotatable bonds is 2. The molecule has 0 saturated carbocycles. The summed E-state index contributed by atoms with van der Waals surface area (Å²) in [4.78, 5) is 0. The maximum Gasteiger partial charge on any atom is 0.173 e. The molecule has 2 N–H and O–H groups in total. The highest BCUT2D eigenvalue weighted by atomic mass is 16.5. The molecule has 0 atom stereocenters. The summed E-state index contributed by atoms with van der Waals surface area (Å²) in [7, 11) is 1.47. The maximum atomic E-state index is 9.75. The van der Waals surface area contributed by atoms with Gasteiger partial charge in [0.2, 0.25) is 0 Å². The minimum Gasteiger partial charge on any atom is -0.506 e. The highest BCUT2D eigenvalue weighted by Gasteiger charge is 2.14. The molecule has 0 amide bonds. The molecular weight excluding hydrogens is 194 g/mol. The Bertz CT molecular complexity index is 502. The monoisotopic (exact) mass is 207 g/mol. The highest BCUT2D eigenvalue weighted by molar-refractivity contribution is 5.94. The van der Waals surface area contributed by atoms with Gasteiger partial charge < -0.3 is 19.5 Å².